The fraction of sp³-hybridized carbons (Fsp3) is 0.200. The second kappa shape index (κ2) is 6.20. The third-order valence-electron chi connectivity index (χ3n) is 3.34. The van der Waals surface area contributed by atoms with Crippen LogP contribution in [0, 0.1) is 0 Å². The first kappa shape index (κ1) is 16.4. The Morgan fingerprint density at radius 2 is 2.04 bits per heavy atom. The lowest BCUT2D eigenvalue weighted by atomic mass is 10.1. The second-order valence-corrected chi connectivity index (χ2v) is 5.34. The van der Waals surface area contributed by atoms with Crippen molar-refractivity contribution in [3.63, 3.8) is 0 Å². The zero-order chi connectivity index (χ0) is 17.3. The van der Waals surface area contributed by atoms with Gasteiger partial charge in [-0.25, -0.2) is 9.78 Å². The van der Waals surface area contributed by atoms with E-state index in [0.717, 1.165) is 6.07 Å². The van der Waals surface area contributed by atoms with Crippen LogP contribution in [0.1, 0.15) is 27.6 Å². The highest BCUT2D eigenvalue weighted by Crippen LogP contribution is 2.34. The summed E-state index contributed by atoms with van der Waals surface area (Å²) < 4.78 is 42.8. The van der Waals surface area contributed by atoms with Crippen molar-refractivity contribution in [2.24, 2.45) is 10.2 Å². The normalized spacial score (nSPS) is 17.2. The molecule has 2 heterocycles. The van der Waals surface area contributed by atoms with E-state index < -0.39 is 23.8 Å². The van der Waals surface area contributed by atoms with Gasteiger partial charge < -0.3 is 4.74 Å². The Hall–Kier alpha value is -2.48. The van der Waals surface area contributed by atoms with E-state index in [4.69, 9.17) is 16.3 Å². The molecule has 1 unspecified atom stereocenters. The van der Waals surface area contributed by atoms with Crippen molar-refractivity contribution in [3.05, 3.63) is 58.2 Å². The number of cyclic esters (lactones) is 1. The van der Waals surface area contributed by atoms with Gasteiger partial charge >= 0.3 is 12.1 Å². The number of rotatable bonds is 3. The topological polar surface area (TPSA) is 63.9 Å². The molecule has 0 N–H and O–H groups in total. The number of azo groups is 1. The molecule has 5 nitrogen and oxygen atoms in total. The standard InChI is InChI=1S/C15H9ClF3N3O2/c16-11-5-8(15(17,18)19)6-20-13(11)22-21-7-12-9-3-1-2-4-10(9)14(23)24-12/h1-6,12H,7H2. The fourth-order valence-corrected chi connectivity index (χ4v) is 2.40. The Balaban J connectivity index is 1.73. The van der Waals surface area contributed by atoms with Gasteiger partial charge in [-0.15, -0.1) is 5.11 Å². The molecule has 0 radical (unpaired) electrons. The van der Waals surface area contributed by atoms with E-state index in [0.29, 0.717) is 17.3 Å². The molecule has 3 rings (SSSR count). The van der Waals surface area contributed by atoms with Gasteiger partial charge in [-0.1, -0.05) is 29.8 Å². The number of hydrogen-bond donors (Lipinski definition) is 0. The highest BCUT2D eigenvalue weighted by atomic mass is 35.5. The smallest absolute Gasteiger partial charge is 0.417 e. The summed E-state index contributed by atoms with van der Waals surface area (Å²) in [6.45, 7) is 0.0157. The number of halogens is 4. The number of ether oxygens (including phenoxy) is 1. The second-order valence-electron chi connectivity index (χ2n) is 4.93. The van der Waals surface area contributed by atoms with Crippen LogP contribution in [0.3, 0.4) is 0 Å². The Labute approximate surface area is 139 Å². The first-order chi connectivity index (χ1) is 11.4. The number of pyridine rings is 1. The van der Waals surface area contributed by atoms with Crippen LogP contribution in [-0.4, -0.2) is 17.5 Å². The van der Waals surface area contributed by atoms with E-state index in [1.54, 1.807) is 24.3 Å². The lowest BCUT2D eigenvalue weighted by Gasteiger charge is -2.07. The summed E-state index contributed by atoms with van der Waals surface area (Å²) in [7, 11) is 0. The third kappa shape index (κ3) is 3.23. The molecule has 0 saturated carbocycles. The molecule has 0 bridgehead atoms. The number of carbonyl (C=O) groups is 1. The molecular weight excluding hydrogens is 347 g/mol. The average molecular weight is 356 g/mol. The summed E-state index contributed by atoms with van der Waals surface area (Å²) in [5.41, 5.74) is 0.182. The fourth-order valence-electron chi connectivity index (χ4n) is 2.20. The minimum absolute atomic E-state index is 0.0157. The monoisotopic (exact) mass is 355 g/mol. The molecule has 1 atom stereocenters. The zero-order valence-corrected chi connectivity index (χ0v) is 12.7. The van der Waals surface area contributed by atoms with Gasteiger partial charge in [0.15, 0.2) is 5.82 Å². The van der Waals surface area contributed by atoms with Crippen LogP contribution in [0.15, 0.2) is 46.8 Å². The van der Waals surface area contributed by atoms with Crippen molar-refractivity contribution in [2.75, 3.05) is 6.54 Å². The average Bonchev–Trinajstić information content (AvgIpc) is 2.85. The van der Waals surface area contributed by atoms with Crippen molar-refractivity contribution >= 4 is 23.4 Å². The molecule has 24 heavy (non-hydrogen) atoms. The molecular formula is C15H9ClF3N3O2. The molecule has 0 spiro atoms. The van der Waals surface area contributed by atoms with Gasteiger partial charge in [-0.2, -0.15) is 18.3 Å². The third-order valence-corrected chi connectivity index (χ3v) is 3.62. The largest absolute Gasteiger partial charge is 0.452 e. The number of nitrogens with zero attached hydrogens (tertiary/aromatic N) is 3. The number of benzene rings is 1. The van der Waals surface area contributed by atoms with Crippen molar-refractivity contribution < 1.29 is 22.7 Å². The van der Waals surface area contributed by atoms with E-state index in [1.807, 2.05) is 0 Å². The Bertz CT molecular complexity index is 824. The lowest BCUT2D eigenvalue weighted by Crippen LogP contribution is -2.05. The van der Waals surface area contributed by atoms with Gasteiger partial charge in [0.1, 0.15) is 12.6 Å². The summed E-state index contributed by atoms with van der Waals surface area (Å²) in [6, 6.07) is 7.59. The number of hydrogen-bond acceptors (Lipinski definition) is 5. The van der Waals surface area contributed by atoms with E-state index in [1.165, 1.54) is 0 Å². The maximum Gasteiger partial charge on any atom is 0.417 e. The molecule has 1 aliphatic heterocycles. The van der Waals surface area contributed by atoms with Crippen LogP contribution in [0.2, 0.25) is 5.02 Å². The summed E-state index contributed by atoms with van der Waals surface area (Å²) in [6.07, 6.45) is -4.50. The molecule has 0 saturated heterocycles. The zero-order valence-electron chi connectivity index (χ0n) is 11.9. The first-order valence-electron chi connectivity index (χ1n) is 6.76. The van der Waals surface area contributed by atoms with E-state index in [2.05, 4.69) is 15.2 Å². The molecule has 1 aromatic carbocycles. The van der Waals surface area contributed by atoms with E-state index >= 15 is 0 Å². The van der Waals surface area contributed by atoms with Crippen molar-refractivity contribution in [2.45, 2.75) is 12.3 Å². The minimum atomic E-state index is -4.53. The van der Waals surface area contributed by atoms with Crippen molar-refractivity contribution in [1.82, 2.24) is 4.98 Å². The number of esters is 1. The van der Waals surface area contributed by atoms with Crippen LogP contribution in [0.5, 0.6) is 0 Å². The van der Waals surface area contributed by atoms with Crippen LogP contribution < -0.4 is 0 Å². The highest BCUT2D eigenvalue weighted by Gasteiger charge is 2.32. The molecule has 0 aliphatic carbocycles. The molecule has 2 aromatic rings. The lowest BCUT2D eigenvalue weighted by molar-refractivity contribution is -0.137. The molecule has 124 valence electrons. The Kier molecular flexibility index (Phi) is 4.23. The number of alkyl halides is 3. The molecule has 0 amide bonds. The predicted molar refractivity (Wildman–Crippen MR) is 78.2 cm³/mol. The van der Waals surface area contributed by atoms with Gasteiger partial charge in [0.05, 0.1) is 16.1 Å². The van der Waals surface area contributed by atoms with Crippen LogP contribution in [0.4, 0.5) is 19.0 Å². The summed E-state index contributed by atoms with van der Waals surface area (Å²) in [5.74, 6) is -0.584. The molecule has 0 fully saturated rings. The van der Waals surface area contributed by atoms with Gasteiger partial charge in [0.2, 0.25) is 0 Å². The number of carbonyl (C=O) groups excluding carboxylic acids is 1. The van der Waals surface area contributed by atoms with Crippen molar-refractivity contribution in [1.29, 1.82) is 0 Å². The maximum absolute atomic E-state index is 12.5. The van der Waals surface area contributed by atoms with Crippen molar-refractivity contribution in [3.8, 4) is 0 Å². The van der Waals surface area contributed by atoms with Gasteiger partial charge in [0.25, 0.3) is 0 Å². The SMILES string of the molecule is O=C1OC(CN=Nc2ncc(C(F)(F)F)cc2Cl)c2ccccc21. The quantitative estimate of drug-likeness (QED) is 0.589. The summed E-state index contributed by atoms with van der Waals surface area (Å²) in [4.78, 5) is 15.2. The Morgan fingerprint density at radius 3 is 2.75 bits per heavy atom. The van der Waals surface area contributed by atoms with Crippen LogP contribution >= 0.6 is 11.6 Å². The predicted octanol–water partition coefficient (Wildman–Crippen LogP) is 4.75. The van der Waals surface area contributed by atoms with Crippen LogP contribution in [-0.2, 0) is 10.9 Å². The number of aromatic nitrogens is 1. The van der Waals surface area contributed by atoms with Gasteiger partial charge in [0, 0.05) is 11.8 Å². The summed E-state index contributed by atoms with van der Waals surface area (Å²) >= 11 is 5.73. The van der Waals surface area contributed by atoms with E-state index in [-0.39, 0.29) is 17.4 Å². The van der Waals surface area contributed by atoms with Gasteiger partial charge in [-0.3, -0.25) is 0 Å². The Morgan fingerprint density at radius 1 is 1.29 bits per heavy atom. The molecule has 1 aliphatic rings. The van der Waals surface area contributed by atoms with E-state index in [9.17, 15) is 18.0 Å². The number of fused-ring (bicyclic) bond motifs is 1. The molecule has 1 aromatic heterocycles. The highest BCUT2D eigenvalue weighted by molar-refractivity contribution is 6.32. The molecule has 9 heteroatoms. The first-order valence-corrected chi connectivity index (χ1v) is 7.14. The van der Waals surface area contributed by atoms with Gasteiger partial charge in [-0.05, 0) is 12.1 Å². The van der Waals surface area contributed by atoms with Crippen LogP contribution in [0.25, 0.3) is 0 Å². The minimum Gasteiger partial charge on any atom is -0.452 e. The summed E-state index contributed by atoms with van der Waals surface area (Å²) in [5, 5.41) is 7.28. The maximum atomic E-state index is 12.5.